The van der Waals surface area contributed by atoms with Gasteiger partial charge in [0.25, 0.3) is 0 Å². The first-order valence-electron chi connectivity index (χ1n) is 9.29. The highest BCUT2D eigenvalue weighted by molar-refractivity contribution is 5.73. The number of carbonyl (C=O) groups is 1. The van der Waals surface area contributed by atoms with Crippen LogP contribution in [0.25, 0.3) is 0 Å². The van der Waals surface area contributed by atoms with Gasteiger partial charge in [-0.15, -0.1) is 5.10 Å². The molecule has 0 bridgehead atoms. The van der Waals surface area contributed by atoms with Crippen molar-refractivity contribution in [1.82, 2.24) is 25.6 Å². The van der Waals surface area contributed by atoms with Gasteiger partial charge in [-0.3, -0.25) is 0 Å². The van der Waals surface area contributed by atoms with E-state index in [-0.39, 0.29) is 6.03 Å². The fraction of sp³-hybridized carbons (Fsp3) is 0.824. The molecule has 7 nitrogen and oxygen atoms in total. The number of ether oxygens (including phenoxy) is 1. The van der Waals surface area contributed by atoms with Gasteiger partial charge in [-0.2, -0.15) is 0 Å². The quantitative estimate of drug-likeness (QED) is 0.575. The van der Waals surface area contributed by atoms with E-state index in [1.54, 1.807) is 4.68 Å². The first kappa shape index (κ1) is 18.7. The molecule has 1 fully saturated rings. The van der Waals surface area contributed by atoms with Crippen molar-refractivity contribution in [2.24, 2.45) is 0 Å². The van der Waals surface area contributed by atoms with E-state index in [0.717, 1.165) is 18.7 Å². The fourth-order valence-corrected chi connectivity index (χ4v) is 2.64. The maximum atomic E-state index is 11.7. The van der Waals surface area contributed by atoms with Crippen molar-refractivity contribution in [3.8, 4) is 0 Å². The first-order valence-corrected chi connectivity index (χ1v) is 9.29. The van der Waals surface area contributed by atoms with Crippen LogP contribution in [-0.4, -0.2) is 40.8 Å². The number of carbonyl (C=O) groups excluding carboxylic acids is 1. The molecule has 1 aliphatic heterocycles. The van der Waals surface area contributed by atoms with Crippen LogP contribution in [0.5, 0.6) is 0 Å². The largest absolute Gasteiger partial charge is 0.377 e. The van der Waals surface area contributed by atoms with Gasteiger partial charge < -0.3 is 15.4 Å². The second-order valence-electron chi connectivity index (χ2n) is 6.47. The van der Waals surface area contributed by atoms with Crippen LogP contribution in [0, 0.1) is 0 Å². The van der Waals surface area contributed by atoms with Crippen LogP contribution < -0.4 is 10.6 Å². The third-order valence-corrected chi connectivity index (χ3v) is 4.30. The Morgan fingerprint density at radius 3 is 2.54 bits per heavy atom. The lowest BCUT2D eigenvalue weighted by molar-refractivity contribution is -0.0293. The Kier molecular flexibility index (Phi) is 8.59. The predicted octanol–water partition coefficient (Wildman–Crippen LogP) is 2.79. The molecule has 0 saturated carbocycles. The minimum Gasteiger partial charge on any atom is -0.377 e. The molecule has 1 aromatic heterocycles. The van der Waals surface area contributed by atoms with E-state index in [0.29, 0.717) is 25.8 Å². The highest BCUT2D eigenvalue weighted by Gasteiger charge is 2.21. The molecule has 1 saturated heterocycles. The highest BCUT2D eigenvalue weighted by atomic mass is 16.5. The molecule has 0 spiro atoms. The number of nitrogens with zero attached hydrogens (tertiary/aromatic N) is 3. The molecule has 1 aromatic rings. The van der Waals surface area contributed by atoms with Crippen molar-refractivity contribution in [1.29, 1.82) is 0 Å². The molecular weight excluding hydrogens is 306 g/mol. The standard InChI is InChI=1S/C17H31N5O2/c1-2-3-4-5-6-7-8-9-10-18-17(23)19-11-15-12-22(21-20-15)16-13-24-14-16/h12,16H,2-11,13-14H2,1H3,(H2,18,19,23). The summed E-state index contributed by atoms with van der Waals surface area (Å²) in [5, 5.41) is 13.8. The smallest absolute Gasteiger partial charge is 0.315 e. The van der Waals surface area contributed by atoms with E-state index < -0.39 is 0 Å². The number of aromatic nitrogens is 3. The van der Waals surface area contributed by atoms with Crippen molar-refractivity contribution in [3.63, 3.8) is 0 Å². The number of hydrogen-bond acceptors (Lipinski definition) is 4. The summed E-state index contributed by atoms with van der Waals surface area (Å²) in [6, 6.07) is 0.154. The lowest BCUT2D eigenvalue weighted by atomic mass is 10.1. The Bertz CT molecular complexity index is 473. The van der Waals surface area contributed by atoms with E-state index in [4.69, 9.17) is 4.74 Å². The van der Waals surface area contributed by atoms with Crippen molar-refractivity contribution in [2.45, 2.75) is 70.9 Å². The lowest BCUT2D eigenvalue weighted by Crippen LogP contribution is -2.35. The van der Waals surface area contributed by atoms with E-state index in [1.807, 2.05) is 6.20 Å². The summed E-state index contributed by atoms with van der Waals surface area (Å²) < 4.78 is 6.93. The minimum atomic E-state index is -0.139. The number of unbranched alkanes of at least 4 members (excludes halogenated alkanes) is 7. The zero-order valence-electron chi connectivity index (χ0n) is 14.8. The van der Waals surface area contributed by atoms with Gasteiger partial charge in [0.2, 0.25) is 0 Å². The summed E-state index contributed by atoms with van der Waals surface area (Å²) in [7, 11) is 0. The molecule has 2 amide bonds. The maximum absolute atomic E-state index is 11.7. The van der Waals surface area contributed by atoms with Crippen LogP contribution in [0.2, 0.25) is 0 Å². The Labute approximate surface area is 144 Å². The third kappa shape index (κ3) is 6.86. The minimum absolute atomic E-state index is 0.139. The van der Waals surface area contributed by atoms with Gasteiger partial charge in [-0.05, 0) is 6.42 Å². The van der Waals surface area contributed by atoms with Crippen molar-refractivity contribution >= 4 is 6.03 Å². The van der Waals surface area contributed by atoms with Gasteiger partial charge >= 0.3 is 6.03 Å². The van der Waals surface area contributed by atoms with Gasteiger partial charge in [-0.25, -0.2) is 9.48 Å². The van der Waals surface area contributed by atoms with Gasteiger partial charge in [0.1, 0.15) is 11.7 Å². The molecule has 2 heterocycles. The number of hydrogen-bond donors (Lipinski definition) is 2. The number of amides is 2. The molecule has 0 aromatic carbocycles. The summed E-state index contributed by atoms with van der Waals surface area (Å²) in [5.74, 6) is 0. The van der Waals surface area contributed by atoms with Gasteiger partial charge in [0.05, 0.1) is 26.0 Å². The average Bonchev–Trinajstić information content (AvgIpc) is 2.98. The van der Waals surface area contributed by atoms with Crippen molar-refractivity contribution < 1.29 is 9.53 Å². The van der Waals surface area contributed by atoms with E-state index in [9.17, 15) is 4.79 Å². The third-order valence-electron chi connectivity index (χ3n) is 4.30. The number of urea groups is 1. The zero-order chi connectivity index (χ0) is 17.0. The molecule has 1 aliphatic rings. The Balaban J connectivity index is 1.44. The predicted molar refractivity (Wildman–Crippen MR) is 92.7 cm³/mol. The fourth-order valence-electron chi connectivity index (χ4n) is 2.64. The SMILES string of the molecule is CCCCCCCCCCNC(=O)NCc1cn(C2COC2)nn1. The van der Waals surface area contributed by atoms with Crippen molar-refractivity contribution in [3.05, 3.63) is 11.9 Å². The molecule has 7 heteroatoms. The second kappa shape index (κ2) is 11.0. The number of rotatable bonds is 12. The average molecular weight is 337 g/mol. The van der Waals surface area contributed by atoms with Crippen LogP contribution in [0.3, 0.4) is 0 Å². The van der Waals surface area contributed by atoms with Gasteiger partial charge in [0.15, 0.2) is 0 Å². The normalized spacial score (nSPS) is 14.4. The maximum Gasteiger partial charge on any atom is 0.315 e. The van der Waals surface area contributed by atoms with Crippen LogP contribution in [0.15, 0.2) is 6.20 Å². The van der Waals surface area contributed by atoms with Crippen LogP contribution in [0.4, 0.5) is 4.79 Å². The molecule has 136 valence electrons. The molecule has 2 rings (SSSR count). The Hall–Kier alpha value is -1.63. The Morgan fingerprint density at radius 1 is 1.17 bits per heavy atom. The topological polar surface area (TPSA) is 81.1 Å². The monoisotopic (exact) mass is 337 g/mol. The zero-order valence-corrected chi connectivity index (χ0v) is 14.8. The molecule has 0 atom stereocenters. The van der Waals surface area contributed by atoms with Gasteiger partial charge in [-0.1, -0.05) is 57.1 Å². The van der Waals surface area contributed by atoms with Crippen LogP contribution in [0.1, 0.15) is 70.0 Å². The second-order valence-corrected chi connectivity index (χ2v) is 6.47. The van der Waals surface area contributed by atoms with E-state index >= 15 is 0 Å². The van der Waals surface area contributed by atoms with Crippen molar-refractivity contribution in [2.75, 3.05) is 19.8 Å². The highest BCUT2D eigenvalue weighted by Crippen LogP contribution is 2.15. The molecule has 0 aliphatic carbocycles. The summed E-state index contributed by atoms with van der Waals surface area (Å²) >= 11 is 0. The lowest BCUT2D eigenvalue weighted by Gasteiger charge is -2.25. The van der Waals surface area contributed by atoms with Gasteiger partial charge in [0, 0.05) is 6.54 Å². The van der Waals surface area contributed by atoms with E-state index in [2.05, 4.69) is 27.9 Å². The molecule has 2 N–H and O–H groups in total. The molecule has 0 unspecified atom stereocenters. The van der Waals surface area contributed by atoms with Crippen LogP contribution in [-0.2, 0) is 11.3 Å². The number of nitrogens with one attached hydrogen (secondary N) is 2. The van der Waals surface area contributed by atoms with Crippen LogP contribution >= 0.6 is 0 Å². The first-order chi connectivity index (χ1) is 11.8. The summed E-state index contributed by atoms with van der Waals surface area (Å²) in [6.45, 7) is 4.75. The Morgan fingerprint density at radius 2 is 1.88 bits per heavy atom. The molecule has 0 radical (unpaired) electrons. The molecule has 24 heavy (non-hydrogen) atoms. The summed E-state index contributed by atoms with van der Waals surface area (Å²) in [5.41, 5.74) is 0.768. The summed E-state index contributed by atoms with van der Waals surface area (Å²) in [6.07, 6.45) is 12.0. The van der Waals surface area contributed by atoms with E-state index in [1.165, 1.54) is 44.9 Å². The molecular formula is C17H31N5O2. The summed E-state index contributed by atoms with van der Waals surface area (Å²) in [4.78, 5) is 11.7.